The van der Waals surface area contributed by atoms with Crippen molar-refractivity contribution in [1.29, 1.82) is 5.26 Å². The molecular formula is C31H23F2N5O4. The van der Waals surface area contributed by atoms with Crippen molar-refractivity contribution in [1.82, 2.24) is 14.5 Å². The number of fused-ring (bicyclic) bond motifs is 1. The number of aromatic nitrogens is 3. The van der Waals surface area contributed by atoms with Crippen molar-refractivity contribution in [3.05, 3.63) is 101 Å². The van der Waals surface area contributed by atoms with E-state index >= 15 is 4.39 Å². The number of hydrogen-bond acceptors (Lipinski definition) is 7. The summed E-state index contributed by atoms with van der Waals surface area (Å²) in [6.07, 6.45) is 0.816. The van der Waals surface area contributed by atoms with Crippen molar-refractivity contribution in [2.75, 3.05) is 11.9 Å². The molecule has 11 heteroatoms. The molecule has 0 radical (unpaired) electrons. The Labute approximate surface area is 238 Å². The molecule has 3 heterocycles. The number of hydrogen-bond donors (Lipinski definition) is 2. The standard InChI is InChI=1S/C31H23F2N5O4/c32-23-12-18(15-34)4-5-21(23)17-42-29-3-1-2-25(35-29)19-6-8-26(24(33)13-19)36-31-37-27-9-7-20(30(39)40)14-28(27)38(31)16-22-10-11-41-22/h1-9,12-14,22H,10-11,16-17H2,(H,36,37)(H,39,40). The minimum Gasteiger partial charge on any atom is -0.478 e. The van der Waals surface area contributed by atoms with Gasteiger partial charge in [0.05, 0.1) is 52.3 Å². The van der Waals surface area contributed by atoms with Crippen molar-refractivity contribution >= 4 is 28.6 Å². The number of rotatable bonds is 9. The van der Waals surface area contributed by atoms with E-state index in [4.69, 9.17) is 14.7 Å². The Bertz CT molecular complexity index is 1860. The summed E-state index contributed by atoms with van der Waals surface area (Å²) in [5.74, 6) is -1.56. The van der Waals surface area contributed by atoms with Crippen LogP contribution in [0.15, 0.2) is 72.8 Å². The summed E-state index contributed by atoms with van der Waals surface area (Å²) >= 11 is 0. The Hall–Kier alpha value is -5.34. The van der Waals surface area contributed by atoms with Crippen molar-refractivity contribution in [3.63, 3.8) is 0 Å². The number of carbonyl (C=O) groups is 1. The third kappa shape index (κ3) is 5.48. The van der Waals surface area contributed by atoms with E-state index in [0.29, 0.717) is 41.4 Å². The summed E-state index contributed by atoms with van der Waals surface area (Å²) < 4.78 is 42.6. The molecule has 9 nitrogen and oxygen atoms in total. The normalized spacial score (nSPS) is 14.3. The molecular weight excluding hydrogens is 544 g/mol. The van der Waals surface area contributed by atoms with Crippen LogP contribution in [0.25, 0.3) is 22.3 Å². The van der Waals surface area contributed by atoms with Crippen LogP contribution >= 0.6 is 0 Å². The number of nitrogens with zero attached hydrogens (tertiary/aromatic N) is 4. The molecule has 1 aliphatic heterocycles. The zero-order valence-corrected chi connectivity index (χ0v) is 22.1. The van der Waals surface area contributed by atoms with Crippen molar-refractivity contribution < 1.29 is 28.2 Å². The predicted octanol–water partition coefficient (Wildman–Crippen LogP) is 6.06. The molecule has 2 aromatic heterocycles. The average Bonchev–Trinajstić information content (AvgIpc) is 3.31. The van der Waals surface area contributed by atoms with Gasteiger partial charge in [-0.2, -0.15) is 5.26 Å². The number of carboxylic acid groups (broad SMARTS) is 1. The molecule has 0 amide bonds. The molecule has 5 aromatic rings. The van der Waals surface area contributed by atoms with E-state index in [1.807, 2.05) is 6.07 Å². The molecule has 1 fully saturated rings. The largest absolute Gasteiger partial charge is 0.478 e. The van der Waals surface area contributed by atoms with Gasteiger partial charge in [0.1, 0.15) is 18.2 Å². The number of halogens is 2. The molecule has 42 heavy (non-hydrogen) atoms. The van der Waals surface area contributed by atoms with Crippen LogP contribution in [0, 0.1) is 23.0 Å². The van der Waals surface area contributed by atoms with Crippen molar-refractivity contribution in [2.24, 2.45) is 0 Å². The third-order valence-electron chi connectivity index (χ3n) is 6.97. The van der Waals surface area contributed by atoms with Gasteiger partial charge in [0.2, 0.25) is 11.8 Å². The molecule has 1 unspecified atom stereocenters. The number of pyridine rings is 1. The highest BCUT2D eigenvalue weighted by molar-refractivity contribution is 5.93. The lowest BCUT2D eigenvalue weighted by atomic mass is 10.1. The zero-order valence-electron chi connectivity index (χ0n) is 22.1. The van der Waals surface area contributed by atoms with E-state index in [9.17, 15) is 14.3 Å². The molecule has 0 saturated carbocycles. The van der Waals surface area contributed by atoms with Crippen LogP contribution in [0.3, 0.4) is 0 Å². The van der Waals surface area contributed by atoms with Crippen LogP contribution in [0.2, 0.25) is 0 Å². The Kier molecular flexibility index (Phi) is 7.21. The molecule has 1 atom stereocenters. The number of benzene rings is 3. The number of imidazole rings is 1. The Balaban J connectivity index is 1.23. The second kappa shape index (κ2) is 11.3. The summed E-state index contributed by atoms with van der Waals surface area (Å²) in [6, 6.07) is 20.3. The van der Waals surface area contributed by atoms with Crippen LogP contribution in [0.5, 0.6) is 5.88 Å². The number of carboxylic acids is 1. The van der Waals surface area contributed by atoms with Crippen LogP contribution in [0.4, 0.5) is 20.4 Å². The van der Waals surface area contributed by atoms with Gasteiger partial charge in [0.15, 0.2) is 0 Å². The SMILES string of the molecule is N#Cc1ccc(COc2cccc(-c3ccc(Nc4nc5ccc(C(=O)O)cc5n4CC4CCO4)c(F)c3)n2)c(F)c1. The lowest BCUT2D eigenvalue weighted by Crippen LogP contribution is -2.31. The van der Waals surface area contributed by atoms with E-state index in [1.165, 1.54) is 24.3 Å². The fraction of sp³-hybridized carbons (Fsp3) is 0.161. The highest BCUT2D eigenvalue weighted by Crippen LogP contribution is 2.30. The van der Waals surface area contributed by atoms with Gasteiger partial charge in [0.25, 0.3) is 0 Å². The van der Waals surface area contributed by atoms with E-state index in [1.54, 1.807) is 47.0 Å². The first-order valence-corrected chi connectivity index (χ1v) is 13.1. The third-order valence-corrected chi connectivity index (χ3v) is 6.97. The second-order valence-corrected chi connectivity index (χ2v) is 9.72. The predicted molar refractivity (Wildman–Crippen MR) is 149 cm³/mol. The zero-order chi connectivity index (χ0) is 29.2. The van der Waals surface area contributed by atoms with Gasteiger partial charge < -0.3 is 24.5 Å². The second-order valence-electron chi connectivity index (χ2n) is 9.72. The highest BCUT2D eigenvalue weighted by atomic mass is 19.1. The lowest BCUT2D eigenvalue weighted by Gasteiger charge is -2.27. The topological polar surface area (TPSA) is 122 Å². The quantitative estimate of drug-likeness (QED) is 0.221. The Morgan fingerprint density at radius 2 is 1.95 bits per heavy atom. The van der Waals surface area contributed by atoms with Gasteiger partial charge in [-0.3, -0.25) is 0 Å². The Morgan fingerprint density at radius 3 is 2.67 bits per heavy atom. The summed E-state index contributed by atoms with van der Waals surface area (Å²) in [4.78, 5) is 20.5. The number of ether oxygens (including phenoxy) is 2. The van der Waals surface area contributed by atoms with E-state index in [2.05, 4.69) is 15.3 Å². The summed E-state index contributed by atoms with van der Waals surface area (Å²) in [6.45, 7) is 1.000. The fourth-order valence-electron chi connectivity index (χ4n) is 4.61. The first-order valence-electron chi connectivity index (χ1n) is 13.1. The molecule has 0 spiro atoms. The van der Waals surface area contributed by atoms with Gasteiger partial charge in [-0.25, -0.2) is 23.5 Å². The van der Waals surface area contributed by atoms with E-state index < -0.39 is 17.6 Å². The number of anilines is 2. The van der Waals surface area contributed by atoms with E-state index in [-0.39, 0.29) is 41.0 Å². The molecule has 6 rings (SSSR count). The Morgan fingerprint density at radius 1 is 1.10 bits per heavy atom. The van der Waals surface area contributed by atoms with Gasteiger partial charge in [-0.15, -0.1) is 0 Å². The van der Waals surface area contributed by atoms with Crippen LogP contribution in [0.1, 0.15) is 27.9 Å². The first-order chi connectivity index (χ1) is 20.4. The van der Waals surface area contributed by atoms with Gasteiger partial charge in [-0.1, -0.05) is 18.2 Å². The molecule has 1 aliphatic rings. The van der Waals surface area contributed by atoms with Crippen LogP contribution in [-0.4, -0.2) is 38.3 Å². The maximum Gasteiger partial charge on any atom is 0.335 e. The maximum absolute atomic E-state index is 15.4. The summed E-state index contributed by atoms with van der Waals surface area (Å²) in [7, 11) is 0. The van der Waals surface area contributed by atoms with Crippen LogP contribution in [-0.2, 0) is 17.9 Å². The lowest BCUT2D eigenvalue weighted by molar-refractivity contribution is -0.0583. The van der Waals surface area contributed by atoms with Crippen LogP contribution < -0.4 is 10.1 Å². The molecule has 0 bridgehead atoms. The molecule has 210 valence electrons. The smallest absolute Gasteiger partial charge is 0.335 e. The van der Waals surface area contributed by atoms with Gasteiger partial charge >= 0.3 is 5.97 Å². The van der Waals surface area contributed by atoms with Gasteiger partial charge in [0, 0.05) is 23.8 Å². The van der Waals surface area contributed by atoms with Crippen molar-refractivity contribution in [3.8, 4) is 23.2 Å². The summed E-state index contributed by atoms with van der Waals surface area (Å²) in [5, 5.41) is 21.4. The molecule has 2 N–H and O–H groups in total. The molecule has 1 saturated heterocycles. The highest BCUT2D eigenvalue weighted by Gasteiger charge is 2.23. The number of aromatic carboxylic acids is 1. The number of nitrogens with one attached hydrogen (secondary N) is 1. The number of nitriles is 1. The molecule has 3 aromatic carbocycles. The maximum atomic E-state index is 15.4. The molecule has 0 aliphatic carbocycles. The average molecular weight is 568 g/mol. The van der Waals surface area contributed by atoms with Crippen molar-refractivity contribution in [2.45, 2.75) is 25.7 Å². The monoisotopic (exact) mass is 567 g/mol. The van der Waals surface area contributed by atoms with E-state index in [0.717, 1.165) is 12.5 Å². The summed E-state index contributed by atoms with van der Waals surface area (Å²) in [5.41, 5.74) is 2.91. The first kappa shape index (κ1) is 26.9. The fourth-order valence-corrected chi connectivity index (χ4v) is 4.61. The minimum atomic E-state index is -1.05. The minimum absolute atomic E-state index is 0.0439. The van der Waals surface area contributed by atoms with Gasteiger partial charge in [-0.05, 0) is 55.0 Å².